The Hall–Kier alpha value is -0.570. The Morgan fingerprint density at radius 2 is 2.15 bits per heavy atom. The van der Waals surface area contributed by atoms with Crippen molar-refractivity contribution in [3.05, 3.63) is 0 Å². The molecule has 0 spiro atoms. The van der Waals surface area contributed by atoms with E-state index in [1.54, 1.807) is 0 Å². The van der Waals surface area contributed by atoms with Gasteiger partial charge in [0.25, 0.3) is 0 Å². The number of ether oxygens (including phenoxy) is 1. The average molecular weight is 185 g/mol. The first kappa shape index (κ1) is 10.5. The van der Waals surface area contributed by atoms with E-state index in [1.807, 2.05) is 6.92 Å². The number of esters is 1. The fourth-order valence-electron chi connectivity index (χ4n) is 2.39. The Morgan fingerprint density at radius 1 is 1.62 bits per heavy atom. The molecule has 0 aliphatic heterocycles. The standard InChI is InChI=1S/C10H19NO2/c1-6(11)7-5-8(9(12)13-4)10(7,2)3/h6-8H,5,11H2,1-4H3/t6?,7-,8+/m1/s1. The molecule has 1 fully saturated rings. The molecule has 3 heteroatoms. The van der Waals surface area contributed by atoms with Gasteiger partial charge in [0, 0.05) is 6.04 Å². The Kier molecular flexibility index (Phi) is 2.66. The predicted octanol–water partition coefficient (Wildman–Crippen LogP) is 1.17. The van der Waals surface area contributed by atoms with Gasteiger partial charge in [-0.15, -0.1) is 0 Å². The molecule has 3 atom stereocenters. The molecule has 0 aromatic heterocycles. The summed E-state index contributed by atoms with van der Waals surface area (Å²) in [6.45, 7) is 6.18. The van der Waals surface area contributed by atoms with Gasteiger partial charge < -0.3 is 10.5 Å². The molecule has 0 bridgehead atoms. The van der Waals surface area contributed by atoms with Gasteiger partial charge in [-0.2, -0.15) is 0 Å². The number of methoxy groups -OCH3 is 1. The van der Waals surface area contributed by atoms with E-state index in [9.17, 15) is 4.79 Å². The van der Waals surface area contributed by atoms with Crippen molar-refractivity contribution in [3.8, 4) is 0 Å². The SMILES string of the molecule is COC(=O)[C@@H]1C[C@H](C(C)N)C1(C)C. The van der Waals surface area contributed by atoms with Gasteiger partial charge in [-0.1, -0.05) is 13.8 Å². The summed E-state index contributed by atoms with van der Waals surface area (Å²) in [5.41, 5.74) is 5.83. The van der Waals surface area contributed by atoms with Crippen LogP contribution in [0.25, 0.3) is 0 Å². The van der Waals surface area contributed by atoms with Crippen molar-refractivity contribution >= 4 is 5.97 Å². The zero-order valence-electron chi connectivity index (χ0n) is 8.83. The molecule has 0 aromatic carbocycles. The maximum Gasteiger partial charge on any atom is 0.309 e. The van der Waals surface area contributed by atoms with Crippen LogP contribution in [-0.4, -0.2) is 19.1 Å². The molecule has 1 aliphatic carbocycles. The van der Waals surface area contributed by atoms with E-state index in [0.29, 0.717) is 5.92 Å². The summed E-state index contributed by atoms with van der Waals surface area (Å²) in [5, 5.41) is 0. The van der Waals surface area contributed by atoms with Gasteiger partial charge in [0.2, 0.25) is 0 Å². The Labute approximate surface area is 79.6 Å². The number of hydrogen-bond acceptors (Lipinski definition) is 3. The molecule has 1 rings (SSSR count). The van der Waals surface area contributed by atoms with Crippen LogP contribution in [-0.2, 0) is 9.53 Å². The maximum atomic E-state index is 11.3. The van der Waals surface area contributed by atoms with Crippen molar-refractivity contribution in [3.63, 3.8) is 0 Å². The van der Waals surface area contributed by atoms with E-state index in [1.165, 1.54) is 7.11 Å². The molecule has 0 radical (unpaired) electrons. The summed E-state index contributed by atoms with van der Waals surface area (Å²) < 4.78 is 4.74. The second-order valence-corrected chi connectivity index (χ2v) is 4.60. The molecule has 76 valence electrons. The minimum Gasteiger partial charge on any atom is -0.469 e. The molecule has 1 aliphatic rings. The van der Waals surface area contributed by atoms with Crippen LogP contribution in [0.1, 0.15) is 27.2 Å². The quantitative estimate of drug-likeness (QED) is 0.657. The third kappa shape index (κ3) is 1.57. The number of carbonyl (C=O) groups is 1. The minimum atomic E-state index is -0.0955. The Balaban J connectivity index is 2.64. The number of rotatable bonds is 2. The molecule has 0 saturated heterocycles. The van der Waals surface area contributed by atoms with Crippen LogP contribution in [0.4, 0.5) is 0 Å². The van der Waals surface area contributed by atoms with Crippen molar-refractivity contribution in [2.24, 2.45) is 23.0 Å². The van der Waals surface area contributed by atoms with Crippen LogP contribution in [0.2, 0.25) is 0 Å². The highest BCUT2D eigenvalue weighted by atomic mass is 16.5. The van der Waals surface area contributed by atoms with Crippen LogP contribution < -0.4 is 5.73 Å². The third-order valence-corrected chi connectivity index (χ3v) is 3.46. The van der Waals surface area contributed by atoms with Crippen LogP contribution in [0.5, 0.6) is 0 Å². The average Bonchev–Trinajstić information content (AvgIpc) is 2.01. The zero-order valence-corrected chi connectivity index (χ0v) is 8.83. The first-order valence-corrected chi connectivity index (χ1v) is 4.74. The number of carbonyl (C=O) groups excluding carboxylic acids is 1. The number of nitrogens with two attached hydrogens (primary N) is 1. The Morgan fingerprint density at radius 3 is 2.46 bits per heavy atom. The van der Waals surface area contributed by atoms with E-state index in [4.69, 9.17) is 10.5 Å². The molecule has 13 heavy (non-hydrogen) atoms. The summed E-state index contributed by atoms with van der Waals surface area (Å²) in [5.74, 6) is 0.381. The molecule has 1 unspecified atom stereocenters. The van der Waals surface area contributed by atoms with Crippen LogP contribution in [0.15, 0.2) is 0 Å². The smallest absolute Gasteiger partial charge is 0.309 e. The highest BCUT2D eigenvalue weighted by molar-refractivity contribution is 5.74. The first-order valence-electron chi connectivity index (χ1n) is 4.74. The predicted molar refractivity (Wildman–Crippen MR) is 51.0 cm³/mol. The molecule has 0 heterocycles. The maximum absolute atomic E-state index is 11.3. The van der Waals surface area contributed by atoms with Crippen LogP contribution in [0.3, 0.4) is 0 Å². The molecule has 0 amide bonds. The molecule has 0 aromatic rings. The van der Waals surface area contributed by atoms with E-state index < -0.39 is 0 Å². The van der Waals surface area contributed by atoms with E-state index in [2.05, 4.69) is 13.8 Å². The fraction of sp³-hybridized carbons (Fsp3) is 0.900. The molecular weight excluding hydrogens is 166 g/mol. The molecule has 1 saturated carbocycles. The van der Waals surface area contributed by atoms with Gasteiger partial charge in [-0.3, -0.25) is 4.79 Å². The lowest BCUT2D eigenvalue weighted by atomic mass is 9.53. The summed E-state index contributed by atoms with van der Waals surface area (Å²) in [6, 6.07) is 0.163. The lowest BCUT2D eigenvalue weighted by Gasteiger charge is -2.52. The topological polar surface area (TPSA) is 52.3 Å². The molecule has 3 nitrogen and oxygen atoms in total. The Bertz CT molecular complexity index is 211. The van der Waals surface area contributed by atoms with Gasteiger partial charge in [0.05, 0.1) is 13.0 Å². The van der Waals surface area contributed by atoms with E-state index >= 15 is 0 Å². The number of hydrogen-bond donors (Lipinski definition) is 1. The van der Waals surface area contributed by atoms with Crippen molar-refractivity contribution in [2.45, 2.75) is 33.2 Å². The van der Waals surface area contributed by atoms with Crippen molar-refractivity contribution in [1.82, 2.24) is 0 Å². The zero-order chi connectivity index (χ0) is 10.2. The highest BCUT2D eigenvalue weighted by Gasteiger charge is 2.53. The van der Waals surface area contributed by atoms with Crippen molar-refractivity contribution < 1.29 is 9.53 Å². The van der Waals surface area contributed by atoms with Gasteiger partial charge in [0.1, 0.15) is 0 Å². The summed E-state index contributed by atoms with van der Waals surface area (Å²) >= 11 is 0. The van der Waals surface area contributed by atoms with E-state index in [0.717, 1.165) is 6.42 Å². The molecular formula is C10H19NO2. The molecule has 2 N–H and O–H groups in total. The monoisotopic (exact) mass is 185 g/mol. The third-order valence-electron chi connectivity index (χ3n) is 3.46. The normalized spacial score (nSPS) is 33.3. The van der Waals surface area contributed by atoms with Crippen molar-refractivity contribution in [2.75, 3.05) is 7.11 Å². The minimum absolute atomic E-state index is 0.00125. The summed E-state index contributed by atoms with van der Waals surface area (Å²) in [4.78, 5) is 11.3. The van der Waals surface area contributed by atoms with Crippen LogP contribution in [0, 0.1) is 17.3 Å². The fourth-order valence-corrected chi connectivity index (χ4v) is 2.39. The summed E-state index contributed by atoms with van der Waals surface area (Å²) in [6.07, 6.45) is 0.872. The lowest BCUT2D eigenvalue weighted by Crippen LogP contribution is -2.55. The van der Waals surface area contributed by atoms with Gasteiger partial charge in [-0.05, 0) is 24.7 Å². The second kappa shape index (κ2) is 3.29. The van der Waals surface area contributed by atoms with E-state index in [-0.39, 0.29) is 23.3 Å². The summed E-state index contributed by atoms with van der Waals surface area (Å²) in [7, 11) is 1.44. The second-order valence-electron chi connectivity index (χ2n) is 4.60. The largest absolute Gasteiger partial charge is 0.469 e. The lowest BCUT2D eigenvalue weighted by molar-refractivity contribution is -0.163. The highest BCUT2D eigenvalue weighted by Crippen LogP contribution is 2.52. The van der Waals surface area contributed by atoms with Crippen LogP contribution >= 0.6 is 0 Å². The van der Waals surface area contributed by atoms with Gasteiger partial charge >= 0.3 is 5.97 Å². The van der Waals surface area contributed by atoms with Gasteiger partial charge in [-0.25, -0.2) is 0 Å². The first-order chi connectivity index (χ1) is 5.91. The van der Waals surface area contributed by atoms with Gasteiger partial charge in [0.15, 0.2) is 0 Å². The van der Waals surface area contributed by atoms with Crippen molar-refractivity contribution in [1.29, 1.82) is 0 Å².